The first-order chi connectivity index (χ1) is 16.2. The molecule has 0 saturated carbocycles. The molecule has 1 heterocycles. The molecule has 182 valence electrons. The van der Waals surface area contributed by atoms with Crippen molar-refractivity contribution in [2.24, 2.45) is 0 Å². The zero-order valence-electron chi connectivity index (χ0n) is 18.7. The van der Waals surface area contributed by atoms with Crippen molar-refractivity contribution < 1.29 is 32.3 Å². The number of nitrogens with zero attached hydrogens (tertiary/aromatic N) is 2. The summed E-state index contributed by atoms with van der Waals surface area (Å²) < 4.78 is 42.2. The predicted octanol–water partition coefficient (Wildman–Crippen LogP) is 3.57. The Morgan fingerprint density at radius 2 is 1.56 bits per heavy atom. The molecule has 0 aliphatic carbocycles. The lowest BCUT2D eigenvalue weighted by Crippen LogP contribution is -2.48. The SMILES string of the molecule is CCc1ccc(N(Cc2ccc(C(=O)CNC(=O)C(F)(F)F)cc2)C(=O)N2CCOCC2)cc1. The lowest BCUT2D eigenvalue weighted by molar-refractivity contribution is -0.173. The Bertz CT molecular complexity index is 1000. The third kappa shape index (κ3) is 6.57. The van der Waals surface area contributed by atoms with Crippen molar-refractivity contribution in [2.75, 3.05) is 37.7 Å². The summed E-state index contributed by atoms with van der Waals surface area (Å²) in [6, 6.07) is 13.7. The first-order valence-electron chi connectivity index (χ1n) is 10.9. The largest absolute Gasteiger partial charge is 0.471 e. The average Bonchev–Trinajstić information content (AvgIpc) is 2.85. The number of carbonyl (C=O) groups is 3. The van der Waals surface area contributed by atoms with E-state index in [1.165, 1.54) is 12.1 Å². The van der Waals surface area contributed by atoms with Gasteiger partial charge in [-0.05, 0) is 29.7 Å². The van der Waals surface area contributed by atoms with E-state index in [2.05, 4.69) is 0 Å². The number of anilines is 1. The molecule has 3 rings (SSSR count). The Kier molecular flexibility index (Phi) is 8.27. The number of carbonyl (C=O) groups excluding carboxylic acids is 3. The van der Waals surface area contributed by atoms with Gasteiger partial charge in [-0.2, -0.15) is 13.2 Å². The molecule has 2 aromatic rings. The quantitative estimate of drug-likeness (QED) is 0.619. The van der Waals surface area contributed by atoms with Gasteiger partial charge in [0.15, 0.2) is 5.78 Å². The predicted molar refractivity (Wildman–Crippen MR) is 120 cm³/mol. The van der Waals surface area contributed by atoms with Crippen LogP contribution in [0.15, 0.2) is 48.5 Å². The Morgan fingerprint density at radius 1 is 0.971 bits per heavy atom. The van der Waals surface area contributed by atoms with Crippen LogP contribution in [0.3, 0.4) is 0 Å². The molecule has 1 saturated heterocycles. The number of hydrogen-bond acceptors (Lipinski definition) is 4. The number of hydrogen-bond donors (Lipinski definition) is 1. The van der Waals surface area contributed by atoms with Crippen LogP contribution in [0.4, 0.5) is 23.7 Å². The molecular formula is C24H26F3N3O4. The molecule has 0 bridgehead atoms. The molecule has 3 amide bonds. The number of alkyl halides is 3. The maximum Gasteiger partial charge on any atom is 0.471 e. The number of nitrogens with one attached hydrogen (secondary N) is 1. The van der Waals surface area contributed by atoms with Gasteiger partial charge in [0.1, 0.15) is 0 Å². The van der Waals surface area contributed by atoms with Gasteiger partial charge in [-0.25, -0.2) is 4.79 Å². The van der Waals surface area contributed by atoms with Crippen LogP contribution < -0.4 is 10.2 Å². The number of benzene rings is 2. The smallest absolute Gasteiger partial charge is 0.378 e. The van der Waals surface area contributed by atoms with Crippen LogP contribution in [0.5, 0.6) is 0 Å². The van der Waals surface area contributed by atoms with E-state index >= 15 is 0 Å². The lowest BCUT2D eigenvalue weighted by Gasteiger charge is -2.33. The first-order valence-corrected chi connectivity index (χ1v) is 10.9. The van der Waals surface area contributed by atoms with Crippen molar-refractivity contribution in [3.8, 4) is 0 Å². The second-order valence-electron chi connectivity index (χ2n) is 7.79. The number of halogens is 3. The van der Waals surface area contributed by atoms with E-state index in [1.807, 2.05) is 31.2 Å². The highest BCUT2D eigenvalue weighted by Gasteiger charge is 2.38. The standard InChI is InChI=1S/C24H26F3N3O4/c1-2-17-5-9-20(10-6-17)30(23(33)29-11-13-34-14-12-29)16-18-3-7-19(8-4-18)21(31)15-28-22(32)24(25,26)27/h3-10H,2,11-16H2,1H3,(H,28,32). The summed E-state index contributed by atoms with van der Waals surface area (Å²) >= 11 is 0. The topological polar surface area (TPSA) is 79.0 Å². The molecule has 0 spiro atoms. The summed E-state index contributed by atoms with van der Waals surface area (Å²) in [6.45, 7) is 3.43. The summed E-state index contributed by atoms with van der Waals surface area (Å²) in [6.07, 6.45) is -4.17. The van der Waals surface area contributed by atoms with Crippen LogP contribution in [0.2, 0.25) is 0 Å². The second kappa shape index (κ2) is 11.1. The Morgan fingerprint density at radius 3 is 2.12 bits per heavy atom. The Labute approximate surface area is 195 Å². The zero-order valence-corrected chi connectivity index (χ0v) is 18.7. The van der Waals surface area contributed by atoms with Gasteiger partial charge < -0.3 is 15.0 Å². The van der Waals surface area contributed by atoms with Gasteiger partial charge in [-0.3, -0.25) is 14.5 Å². The Hall–Kier alpha value is -3.40. The molecule has 1 aliphatic rings. The van der Waals surface area contributed by atoms with Gasteiger partial charge in [-0.1, -0.05) is 43.3 Å². The molecular weight excluding hydrogens is 451 g/mol. The number of morpholine rings is 1. The van der Waals surface area contributed by atoms with Gasteiger partial charge in [0.05, 0.1) is 26.3 Å². The fraction of sp³-hybridized carbons (Fsp3) is 0.375. The minimum atomic E-state index is -5.05. The number of ether oxygens (including phenoxy) is 1. The zero-order chi connectivity index (χ0) is 24.7. The van der Waals surface area contributed by atoms with Crippen molar-refractivity contribution >= 4 is 23.4 Å². The molecule has 0 radical (unpaired) electrons. The van der Waals surface area contributed by atoms with Gasteiger partial charge in [0, 0.05) is 24.3 Å². The highest BCUT2D eigenvalue weighted by molar-refractivity contribution is 5.99. The molecule has 10 heteroatoms. The molecule has 0 aromatic heterocycles. The fourth-order valence-corrected chi connectivity index (χ4v) is 3.45. The molecule has 1 N–H and O–H groups in total. The second-order valence-corrected chi connectivity index (χ2v) is 7.79. The monoisotopic (exact) mass is 477 g/mol. The van der Waals surface area contributed by atoms with Gasteiger partial charge in [0.25, 0.3) is 0 Å². The number of ketones is 1. The third-order valence-electron chi connectivity index (χ3n) is 5.45. The number of Topliss-reactive ketones (excluding diaryl/α,β-unsaturated/α-hetero) is 1. The first kappa shape index (κ1) is 25.2. The minimum absolute atomic E-state index is 0.157. The van der Waals surface area contributed by atoms with E-state index in [0.29, 0.717) is 26.3 Å². The molecule has 0 unspecified atom stereocenters. The molecule has 1 fully saturated rings. The van der Waals surface area contributed by atoms with E-state index in [-0.39, 0.29) is 18.1 Å². The van der Waals surface area contributed by atoms with Crippen molar-refractivity contribution in [3.05, 3.63) is 65.2 Å². The summed E-state index contributed by atoms with van der Waals surface area (Å²) in [5.41, 5.74) is 2.76. The maximum atomic E-state index is 13.3. The van der Waals surface area contributed by atoms with Crippen molar-refractivity contribution in [2.45, 2.75) is 26.1 Å². The fourth-order valence-electron chi connectivity index (χ4n) is 3.45. The van der Waals surface area contributed by atoms with Gasteiger partial charge >= 0.3 is 18.1 Å². The highest BCUT2D eigenvalue weighted by Crippen LogP contribution is 2.21. The van der Waals surface area contributed by atoms with Crippen LogP contribution >= 0.6 is 0 Å². The average molecular weight is 477 g/mol. The summed E-state index contributed by atoms with van der Waals surface area (Å²) in [7, 11) is 0. The van der Waals surface area contributed by atoms with Crippen LogP contribution in [0, 0.1) is 0 Å². The molecule has 7 nitrogen and oxygen atoms in total. The van der Waals surface area contributed by atoms with E-state index < -0.39 is 24.4 Å². The minimum Gasteiger partial charge on any atom is -0.378 e. The van der Waals surface area contributed by atoms with Crippen LogP contribution in [0.1, 0.15) is 28.4 Å². The van der Waals surface area contributed by atoms with Crippen LogP contribution in [0.25, 0.3) is 0 Å². The van der Waals surface area contributed by atoms with Crippen molar-refractivity contribution in [1.82, 2.24) is 10.2 Å². The normalized spacial score (nSPS) is 13.9. The molecule has 0 atom stereocenters. The summed E-state index contributed by atoms with van der Waals surface area (Å²) in [5.74, 6) is -2.82. The van der Waals surface area contributed by atoms with E-state index in [1.54, 1.807) is 27.2 Å². The summed E-state index contributed by atoms with van der Waals surface area (Å²) in [5, 5.41) is 1.57. The molecule has 2 aromatic carbocycles. The lowest BCUT2D eigenvalue weighted by atomic mass is 10.1. The van der Waals surface area contributed by atoms with E-state index in [4.69, 9.17) is 4.74 Å². The molecule has 1 aliphatic heterocycles. The number of amides is 3. The van der Waals surface area contributed by atoms with Crippen LogP contribution in [-0.2, 0) is 22.5 Å². The van der Waals surface area contributed by atoms with Crippen LogP contribution in [-0.4, -0.2) is 61.6 Å². The van der Waals surface area contributed by atoms with E-state index in [9.17, 15) is 27.6 Å². The summed E-state index contributed by atoms with van der Waals surface area (Å²) in [4.78, 5) is 39.7. The van der Waals surface area contributed by atoms with Crippen molar-refractivity contribution in [3.63, 3.8) is 0 Å². The number of rotatable bonds is 7. The maximum absolute atomic E-state index is 13.3. The van der Waals surface area contributed by atoms with Gasteiger partial charge in [-0.15, -0.1) is 0 Å². The van der Waals surface area contributed by atoms with Gasteiger partial charge in [0.2, 0.25) is 0 Å². The van der Waals surface area contributed by atoms with E-state index in [0.717, 1.165) is 23.2 Å². The van der Waals surface area contributed by atoms with Crippen molar-refractivity contribution in [1.29, 1.82) is 0 Å². The Balaban J connectivity index is 1.73. The molecule has 34 heavy (non-hydrogen) atoms. The highest BCUT2D eigenvalue weighted by atomic mass is 19.4. The third-order valence-corrected chi connectivity index (χ3v) is 5.45. The number of aryl methyl sites for hydroxylation is 1. The number of urea groups is 1.